The lowest BCUT2D eigenvalue weighted by atomic mass is 10.0. The van der Waals surface area contributed by atoms with Crippen molar-refractivity contribution in [2.75, 3.05) is 13.6 Å². The molecule has 1 heterocycles. The summed E-state index contributed by atoms with van der Waals surface area (Å²) in [7, 11) is -2.19. The van der Waals surface area contributed by atoms with E-state index in [1.165, 1.54) is 34.5 Å². The van der Waals surface area contributed by atoms with E-state index in [2.05, 4.69) is 0 Å². The molecule has 7 nitrogen and oxygen atoms in total. The molecule has 2 unspecified atom stereocenters. The van der Waals surface area contributed by atoms with Crippen LogP contribution < -0.4 is 0 Å². The average molecular weight is 368 g/mol. The minimum absolute atomic E-state index is 0.0520. The summed E-state index contributed by atoms with van der Waals surface area (Å²) in [5, 5.41) is 9.19. The number of sulfonamides is 1. The van der Waals surface area contributed by atoms with Crippen molar-refractivity contribution in [3.05, 3.63) is 29.8 Å². The highest BCUT2D eigenvalue weighted by molar-refractivity contribution is 7.89. The Morgan fingerprint density at radius 1 is 1.32 bits per heavy atom. The summed E-state index contributed by atoms with van der Waals surface area (Å²) in [6, 6.07) is 5.26. The lowest BCUT2D eigenvalue weighted by Gasteiger charge is -2.24. The van der Waals surface area contributed by atoms with Crippen LogP contribution in [0.3, 0.4) is 0 Å². The van der Waals surface area contributed by atoms with Gasteiger partial charge in [-0.25, -0.2) is 8.42 Å². The largest absolute Gasteiger partial charge is 0.481 e. The van der Waals surface area contributed by atoms with E-state index in [1.807, 2.05) is 0 Å². The normalized spacial score (nSPS) is 21.1. The van der Waals surface area contributed by atoms with E-state index in [1.54, 1.807) is 26.8 Å². The Kier molecular flexibility index (Phi) is 5.53. The van der Waals surface area contributed by atoms with E-state index in [9.17, 15) is 23.1 Å². The van der Waals surface area contributed by atoms with Crippen LogP contribution in [0.5, 0.6) is 0 Å². The van der Waals surface area contributed by atoms with Crippen molar-refractivity contribution in [2.24, 2.45) is 5.92 Å². The molecular formula is C17H24N2O5S. The van der Waals surface area contributed by atoms with Crippen molar-refractivity contribution in [3.8, 4) is 0 Å². The van der Waals surface area contributed by atoms with Crippen molar-refractivity contribution in [1.82, 2.24) is 9.21 Å². The molecular weight excluding hydrogens is 344 g/mol. The SMILES string of the molecule is CC1C(C(=O)O)CCN1C(=O)c1cccc(S(=O)(=O)N(C)C(C)C)c1. The van der Waals surface area contributed by atoms with Gasteiger partial charge in [0.15, 0.2) is 0 Å². The van der Waals surface area contributed by atoms with Crippen molar-refractivity contribution < 1.29 is 23.1 Å². The van der Waals surface area contributed by atoms with Crippen LogP contribution in [0.25, 0.3) is 0 Å². The van der Waals surface area contributed by atoms with Gasteiger partial charge in [0.05, 0.1) is 10.8 Å². The maximum atomic E-state index is 12.7. The summed E-state index contributed by atoms with van der Waals surface area (Å²) in [6.07, 6.45) is 0.399. The molecule has 1 fully saturated rings. The van der Waals surface area contributed by atoms with Crippen LogP contribution in [0.1, 0.15) is 37.6 Å². The maximum absolute atomic E-state index is 12.7. The number of benzene rings is 1. The average Bonchev–Trinajstić information content (AvgIpc) is 2.95. The van der Waals surface area contributed by atoms with E-state index in [0.717, 1.165) is 0 Å². The van der Waals surface area contributed by atoms with Crippen LogP contribution in [0.4, 0.5) is 0 Å². The molecule has 8 heteroatoms. The molecule has 2 rings (SSSR count). The third-order valence-corrected chi connectivity index (χ3v) is 6.85. The van der Waals surface area contributed by atoms with Gasteiger partial charge in [0, 0.05) is 31.2 Å². The van der Waals surface area contributed by atoms with Gasteiger partial charge in [0.25, 0.3) is 5.91 Å². The quantitative estimate of drug-likeness (QED) is 0.853. The van der Waals surface area contributed by atoms with Gasteiger partial charge in [0.2, 0.25) is 10.0 Å². The molecule has 0 saturated carbocycles. The first-order valence-electron chi connectivity index (χ1n) is 8.19. The fraction of sp³-hybridized carbons (Fsp3) is 0.529. The predicted molar refractivity (Wildman–Crippen MR) is 92.8 cm³/mol. The minimum Gasteiger partial charge on any atom is -0.481 e. The van der Waals surface area contributed by atoms with Gasteiger partial charge in [-0.1, -0.05) is 6.07 Å². The highest BCUT2D eigenvalue weighted by Crippen LogP contribution is 2.27. The second kappa shape index (κ2) is 7.13. The third-order valence-electron chi connectivity index (χ3n) is 4.82. The monoisotopic (exact) mass is 368 g/mol. The van der Waals surface area contributed by atoms with Crippen LogP contribution >= 0.6 is 0 Å². The number of hydrogen-bond acceptors (Lipinski definition) is 4. The zero-order valence-corrected chi connectivity index (χ0v) is 15.7. The van der Waals surface area contributed by atoms with Crippen molar-refractivity contribution >= 4 is 21.9 Å². The van der Waals surface area contributed by atoms with E-state index in [0.29, 0.717) is 13.0 Å². The standard InChI is InChI=1S/C17H24N2O5S/c1-11(2)18(4)25(23,24)14-7-5-6-13(10-14)16(20)19-9-8-15(12(19)3)17(21)22/h5-7,10-12,15H,8-9H2,1-4H3,(H,21,22). The first-order valence-corrected chi connectivity index (χ1v) is 9.63. The number of carbonyl (C=O) groups excluding carboxylic acids is 1. The fourth-order valence-corrected chi connectivity index (χ4v) is 4.37. The number of amides is 1. The highest BCUT2D eigenvalue weighted by Gasteiger charge is 2.38. The number of rotatable bonds is 5. The summed E-state index contributed by atoms with van der Waals surface area (Å²) in [5.41, 5.74) is 0.246. The zero-order chi connectivity index (χ0) is 18.9. The van der Waals surface area contributed by atoms with Crippen molar-refractivity contribution in [2.45, 2.75) is 44.2 Å². The molecule has 1 aliphatic rings. The number of carboxylic acids is 1. The first-order chi connectivity index (χ1) is 11.6. The summed E-state index contributed by atoms with van der Waals surface area (Å²) in [4.78, 5) is 25.5. The number of likely N-dealkylation sites (tertiary alicyclic amines) is 1. The molecule has 0 radical (unpaired) electrons. The van der Waals surface area contributed by atoms with Crippen LogP contribution in [0.15, 0.2) is 29.2 Å². The van der Waals surface area contributed by atoms with Gasteiger partial charge < -0.3 is 10.0 Å². The molecule has 1 saturated heterocycles. The Morgan fingerprint density at radius 3 is 2.48 bits per heavy atom. The van der Waals surface area contributed by atoms with E-state index >= 15 is 0 Å². The second-order valence-corrected chi connectivity index (χ2v) is 8.61. The molecule has 0 aliphatic carbocycles. The van der Waals surface area contributed by atoms with Crippen molar-refractivity contribution in [1.29, 1.82) is 0 Å². The highest BCUT2D eigenvalue weighted by atomic mass is 32.2. The molecule has 0 aromatic heterocycles. The Balaban J connectivity index is 2.30. The fourth-order valence-electron chi connectivity index (χ4n) is 2.96. The van der Waals surface area contributed by atoms with Gasteiger partial charge in [-0.2, -0.15) is 4.31 Å². The summed E-state index contributed by atoms with van der Waals surface area (Å²) < 4.78 is 26.4. The summed E-state index contributed by atoms with van der Waals surface area (Å²) in [6.45, 7) is 5.59. The smallest absolute Gasteiger partial charge is 0.308 e. The third kappa shape index (κ3) is 3.69. The van der Waals surface area contributed by atoms with Crippen LogP contribution in [-0.4, -0.2) is 60.3 Å². The molecule has 1 aromatic rings. The molecule has 138 valence electrons. The van der Waals surface area contributed by atoms with E-state index in [4.69, 9.17) is 0 Å². The van der Waals surface area contributed by atoms with Gasteiger partial charge >= 0.3 is 5.97 Å². The Labute approximate surface area is 148 Å². The minimum atomic E-state index is -3.69. The van der Waals surface area contributed by atoms with Crippen LogP contribution in [-0.2, 0) is 14.8 Å². The lowest BCUT2D eigenvalue weighted by molar-refractivity contribution is -0.142. The molecule has 1 N–H and O–H groups in total. The number of carbonyl (C=O) groups is 2. The van der Waals surface area contributed by atoms with Gasteiger partial charge in [-0.15, -0.1) is 0 Å². The Hall–Kier alpha value is -1.93. The summed E-state index contributed by atoms with van der Waals surface area (Å²) >= 11 is 0. The van der Waals surface area contributed by atoms with Gasteiger partial charge in [-0.05, 0) is 45.4 Å². The predicted octanol–water partition coefficient (Wildman–Crippen LogP) is 1.65. The van der Waals surface area contributed by atoms with Gasteiger partial charge in [-0.3, -0.25) is 9.59 Å². The molecule has 0 spiro atoms. The second-order valence-electron chi connectivity index (χ2n) is 6.62. The van der Waals surface area contributed by atoms with E-state index in [-0.39, 0.29) is 22.4 Å². The number of nitrogens with zero attached hydrogens (tertiary/aromatic N) is 2. The molecule has 1 amide bonds. The van der Waals surface area contributed by atoms with Crippen LogP contribution in [0, 0.1) is 5.92 Å². The van der Waals surface area contributed by atoms with E-state index < -0.39 is 28.0 Å². The van der Waals surface area contributed by atoms with Gasteiger partial charge in [0.1, 0.15) is 0 Å². The lowest BCUT2D eigenvalue weighted by Crippen LogP contribution is -2.38. The number of hydrogen-bond donors (Lipinski definition) is 1. The van der Waals surface area contributed by atoms with Crippen LogP contribution in [0.2, 0.25) is 0 Å². The number of aliphatic carboxylic acids is 1. The Bertz CT molecular complexity index is 775. The molecule has 0 bridgehead atoms. The maximum Gasteiger partial charge on any atom is 0.308 e. The van der Waals surface area contributed by atoms with Crippen molar-refractivity contribution in [3.63, 3.8) is 0 Å². The zero-order valence-electron chi connectivity index (χ0n) is 14.8. The Morgan fingerprint density at radius 2 is 1.96 bits per heavy atom. The molecule has 25 heavy (non-hydrogen) atoms. The summed E-state index contributed by atoms with van der Waals surface area (Å²) in [5.74, 6) is -1.86. The molecule has 1 aliphatic heterocycles. The topological polar surface area (TPSA) is 95.0 Å². The number of carboxylic acid groups (broad SMARTS) is 1. The first kappa shape index (κ1) is 19.4. The molecule has 2 atom stereocenters. The molecule has 1 aromatic carbocycles.